The minimum absolute atomic E-state index is 0.124. The van der Waals surface area contributed by atoms with Gasteiger partial charge in [0.05, 0.1) is 5.56 Å². The second-order valence-electron chi connectivity index (χ2n) is 7.06. The maximum Gasteiger partial charge on any atom is 0.296 e. The third-order valence-electron chi connectivity index (χ3n) is 4.94. The van der Waals surface area contributed by atoms with Crippen LogP contribution in [0.15, 0.2) is 28.8 Å². The van der Waals surface area contributed by atoms with Crippen LogP contribution in [0, 0.1) is 25.7 Å². The molecule has 1 saturated heterocycles. The third-order valence-corrected chi connectivity index (χ3v) is 4.94. The van der Waals surface area contributed by atoms with Crippen LogP contribution in [0.2, 0.25) is 0 Å². The summed E-state index contributed by atoms with van der Waals surface area (Å²) < 4.78 is 11.2. The number of benzene rings is 1. The molecule has 1 fully saturated rings. The van der Waals surface area contributed by atoms with E-state index < -0.39 is 0 Å². The fraction of sp³-hybridized carbons (Fsp3) is 0.409. The molecule has 2 aromatic rings. The Labute approximate surface area is 170 Å². The first-order chi connectivity index (χ1) is 14.0. The maximum absolute atomic E-state index is 13.1. The zero-order valence-electron chi connectivity index (χ0n) is 16.9. The van der Waals surface area contributed by atoms with Crippen LogP contribution >= 0.6 is 0 Å². The molecule has 1 unspecified atom stereocenters. The van der Waals surface area contributed by atoms with Crippen molar-refractivity contribution in [3.05, 3.63) is 46.8 Å². The molecule has 0 radical (unpaired) electrons. The molecular formula is C22H25N3O4. The van der Waals surface area contributed by atoms with Crippen LogP contribution in [-0.2, 0) is 11.4 Å². The first-order valence-corrected chi connectivity index (χ1v) is 9.65. The molecule has 2 heterocycles. The van der Waals surface area contributed by atoms with Crippen molar-refractivity contribution in [1.29, 1.82) is 0 Å². The van der Waals surface area contributed by atoms with E-state index in [0.717, 1.165) is 24.2 Å². The molecule has 0 saturated carbocycles. The maximum atomic E-state index is 13.1. The zero-order chi connectivity index (χ0) is 20.8. The fourth-order valence-electron chi connectivity index (χ4n) is 3.36. The second-order valence-corrected chi connectivity index (χ2v) is 7.06. The van der Waals surface area contributed by atoms with E-state index >= 15 is 0 Å². The van der Waals surface area contributed by atoms with Crippen LogP contribution in [0.5, 0.6) is 5.75 Å². The highest BCUT2D eigenvalue weighted by Gasteiger charge is 2.29. The van der Waals surface area contributed by atoms with Gasteiger partial charge in [-0.15, -0.1) is 0 Å². The van der Waals surface area contributed by atoms with Gasteiger partial charge in [0.1, 0.15) is 18.1 Å². The zero-order valence-corrected chi connectivity index (χ0v) is 16.9. The van der Waals surface area contributed by atoms with Gasteiger partial charge >= 0.3 is 0 Å². The molecule has 7 heteroatoms. The minimum atomic E-state index is -0.323. The summed E-state index contributed by atoms with van der Waals surface area (Å²) in [5.41, 5.74) is 1.91. The lowest BCUT2D eigenvalue weighted by Gasteiger charge is -2.32. The number of rotatable bonds is 5. The van der Waals surface area contributed by atoms with E-state index in [1.54, 1.807) is 18.7 Å². The van der Waals surface area contributed by atoms with Crippen molar-refractivity contribution in [2.75, 3.05) is 13.1 Å². The lowest BCUT2D eigenvalue weighted by atomic mass is 10.0. The highest BCUT2D eigenvalue weighted by atomic mass is 16.5. The van der Waals surface area contributed by atoms with Gasteiger partial charge in [0, 0.05) is 19.1 Å². The molecule has 1 aliphatic rings. The number of likely N-dealkylation sites (tertiary alicyclic amines) is 1. The molecule has 1 aromatic heterocycles. The number of hydrogen-bond donors (Lipinski definition) is 1. The van der Waals surface area contributed by atoms with Gasteiger partial charge in [-0.2, -0.15) is 0 Å². The van der Waals surface area contributed by atoms with Crippen molar-refractivity contribution in [3.63, 3.8) is 0 Å². The van der Waals surface area contributed by atoms with Crippen LogP contribution < -0.4 is 10.1 Å². The summed E-state index contributed by atoms with van der Waals surface area (Å²) in [6, 6.07) is 7.57. The minimum Gasteiger partial charge on any atom is -0.488 e. The van der Waals surface area contributed by atoms with Gasteiger partial charge < -0.3 is 19.5 Å². The first-order valence-electron chi connectivity index (χ1n) is 9.65. The molecule has 0 aliphatic carbocycles. The van der Waals surface area contributed by atoms with E-state index in [2.05, 4.69) is 22.3 Å². The molecule has 29 heavy (non-hydrogen) atoms. The van der Waals surface area contributed by atoms with Crippen molar-refractivity contribution in [2.24, 2.45) is 0 Å². The Morgan fingerprint density at radius 2 is 2.14 bits per heavy atom. The highest BCUT2D eigenvalue weighted by Crippen LogP contribution is 2.22. The summed E-state index contributed by atoms with van der Waals surface area (Å²) in [7, 11) is 0. The van der Waals surface area contributed by atoms with Gasteiger partial charge in [-0.05, 0) is 51.2 Å². The van der Waals surface area contributed by atoms with Crippen molar-refractivity contribution >= 4 is 11.8 Å². The molecule has 0 spiro atoms. The number of nitrogens with zero attached hydrogens (tertiary/aromatic N) is 2. The second kappa shape index (κ2) is 9.28. The predicted octanol–water partition coefficient (Wildman–Crippen LogP) is 2.61. The molecular weight excluding hydrogens is 370 g/mol. The van der Waals surface area contributed by atoms with Crippen molar-refractivity contribution in [1.82, 2.24) is 15.4 Å². The van der Waals surface area contributed by atoms with Crippen LogP contribution in [0.25, 0.3) is 0 Å². The molecule has 0 bridgehead atoms. The number of carbonyl (C=O) groups excluding carboxylic acids is 2. The first kappa shape index (κ1) is 20.5. The lowest BCUT2D eigenvalue weighted by Crippen LogP contribution is -2.49. The molecule has 1 aliphatic heterocycles. The van der Waals surface area contributed by atoms with Crippen molar-refractivity contribution < 1.29 is 18.8 Å². The standard InChI is InChI=1S/C22H25N3O4/c1-4-8-20(26)23-17-10-7-12-25(13-17)22(27)21-18(16(3)29-24-21)14-28-19-11-6-5-9-15(19)2/h5-6,9,11,17H,7,10,12-14H2,1-3H3,(H,23,26). The molecule has 152 valence electrons. The number of amides is 2. The third kappa shape index (κ3) is 4.96. The Kier molecular flexibility index (Phi) is 6.55. The van der Waals surface area contributed by atoms with E-state index in [9.17, 15) is 9.59 Å². The van der Waals surface area contributed by atoms with E-state index in [-0.39, 0.29) is 30.2 Å². The summed E-state index contributed by atoms with van der Waals surface area (Å²) in [5.74, 6) is 5.82. The number of carbonyl (C=O) groups is 2. The number of aryl methyl sites for hydroxylation is 2. The molecule has 3 rings (SSSR count). The molecule has 2 amide bonds. The topological polar surface area (TPSA) is 84.7 Å². The Morgan fingerprint density at radius 3 is 2.90 bits per heavy atom. The van der Waals surface area contributed by atoms with Crippen molar-refractivity contribution in [3.8, 4) is 17.6 Å². The van der Waals surface area contributed by atoms with E-state index in [1.807, 2.05) is 31.2 Å². The van der Waals surface area contributed by atoms with Gasteiger partial charge in [0.15, 0.2) is 5.69 Å². The quantitative estimate of drug-likeness (QED) is 0.787. The Balaban J connectivity index is 1.70. The van der Waals surface area contributed by atoms with Gasteiger partial charge in [0.25, 0.3) is 11.8 Å². The largest absolute Gasteiger partial charge is 0.488 e. The van der Waals surface area contributed by atoms with Gasteiger partial charge in [-0.1, -0.05) is 29.3 Å². The Morgan fingerprint density at radius 1 is 1.34 bits per heavy atom. The Hall–Kier alpha value is -3.27. The molecule has 1 N–H and O–H groups in total. The average molecular weight is 395 g/mol. The van der Waals surface area contributed by atoms with Gasteiger partial charge in [-0.25, -0.2) is 0 Å². The van der Waals surface area contributed by atoms with E-state index in [0.29, 0.717) is 24.4 Å². The van der Waals surface area contributed by atoms with Gasteiger partial charge in [-0.3, -0.25) is 9.59 Å². The number of hydrogen-bond acceptors (Lipinski definition) is 5. The lowest BCUT2D eigenvalue weighted by molar-refractivity contribution is -0.116. The number of para-hydroxylation sites is 1. The van der Waals surface area contributed by atoms with Crippen LogP contribution in [-0.4, -0.2) is 41.0 Å². The molecule has 1 atom stereocenters. The van der Waals surface area contributed by atoms with Gasteiger partial charge in [0.2, 0.25) is 0 Å². The highest BCUT2D eigenvalue weighted by molar-refractivity contribution is 5.95. The SMILES string of the molecule is CC#CC(=O)NC1CCCN(C(=O)c2noc(C)c2COc2ccccc2C)C1. The number of piperidine rings is 1. The average Bonchev–Trinajstić information content (AvgIpc) is 3.07. The Bertz CT molecular complexity index is 954. The molecule has 7 nitrogen and oxygen atoms in total. The van der Waals surface area contributed by atoms with Crippen LogP contribution in [0.4, 0.5) is 0 Å². The van der Waals surface area contributed by atoms with E-state index in [1.165, 1.54) is 0 Å². The summed E-state index contributed by atoms with van der Waals surface area (Å²) >= 11 is 0. The number of ether oxygens (including phenoxy) is 1. The van der Waals surface area contributed by atoms with Crippen molar-refractivity contribution in [2.45, 2.75) is 46.3 Å². The molecule has 1 aromatic carbocycles. The van der Waals surface area contributed by atoms with E-state index in [4.69, 9.17) is 9.26 Å². The predicted molar refractivity (Wildman–Crippen MR) is 107 cm³/mol. The van der Waals surface area contributed by atoms with Crippen LogP contribution in [0.1, 0.15) is 47.1 Å². The fourth-order valence-corrected chi connectivity index (χ4v) is 3.36. The monoisotopic (exact) mass is 395 g/mol. The smallest absolute Gasteiger partial charge is 0.296 e. The normalized spacial score (nSPS) is 16.0. The summed E-state index contributed by atoms with van der Waals surface area (Å²) in [4.78, 5) is 26.5. The number of nitrogens with one attached hydrogen (secondary N) is 1. The van der Waals surface area contributed by atoms with Crippen LogP contribution in [0.3, 0.4) is 0 Å². The summed E-state index contributed by atoms with van der Waals surface area (Å²) in [6.07, 6.45) is 1.60. The summed E-state index contributed by atoms with van der Waals surface area (Å²) in [5, 5.41) is 6.84. The number of aromatic nitrogens is 1. The summed E-state index contributed by atoms with van der Waals surface area (Å²) in [6.45, 7) is 6.57.